The van der Waals surface area contributed by atoms with Crippen molar-refractivity contribution in [1.82, 2.24) is 0 Å². The van der Waals surface area contributed by atoms with Crippen molar-refractivity contribution in [3.63, 3.8) is 0 Å². The number of hydrogen-bond acceptors (Lipinski definition) is 2. The van der Waals surface area contributed by atoms with Gasteiger partial charge < -0.3 is 4.74 Å². The fourth-order valence-corrected chi connectivity index (χ4v) is 4.10. The first-order chi connectivity index (χ1) is 10.7. The summed E-state index contributed by atoms with van der Waals surface area (Å²) >= 11 is 0. The standard InChI is InChI=1S/C19H18O2P/c1-3-21-16-10-12-17(13-11-16)22(20)19-14(2)8-9-15-6-4-5-7-18(15)19/h4-13H,3H2,1-2H3/q+1. The van der Waals surface area contributed by atoms with Crippen molar-refractivity contribution >= 4 is 29.2 Å². The van der Waals surface area contributed by atoms with Gasteiger partial charge in [-0.3, -0.25) is 0 Å². The molecule has 3 rings (SSSR count). The maximum atomic E-state index is 13.1. The van der Waals surface area contributed by atoms with Gasteiger partial charge in [0.25, 0.3) is 0 Å². The number of ether oxygens (including phenoxy) is 1. The smallest absolute Gasteiger partial charge is 0.416 e. The molecule has 0 aliphatic rings. The second-order valence-corrected chi connectivity index (χ2v) is 6.73. The molecule has 1 unspecified atom stereocenters. The van der Waals surface area contributed by atoms with Crippen molar-refractivity contribution in [3.8, 4) is 5.75 Å². The van der Waals surface area contributed by atoms with Crippen molar-refractivity contribution in [3.05, 3.63) is 66.2 Å². The van der Waals surface area contributed by atoms with E-state index in [0.29, 0.717) is 6.61 Å². The molecular formula is C19H18O2P+. The lowest BCUT2D eigenvalue weighted by Crippen LogP contribution is -2.11. The van der Waals surface area contributed by atoms with Crippen LogP contribution in [0.5, 0.6) is 5.75 Å². The lowest BCUT2D eigenvalue weighted by atomic mass is 10.1. The molecule has 2 nitrogen and oxygen atoms in total. The summed E-state index contributed by atoms with van der Waals surface area (Å²) in [6, 6.07) is 19.8. The third-order valence-corrected chi connectivity index (χ3v) is 5.45. The average Bonchev–Trinajstić information content (AvgIpc) is 2.55. The highest BCUT2D eigenvalue weighted by atomic mass is 31.1. The van der Waals surface area contributed by atoms with E-state index < -0.39 is 7.80 Å². The van der Waals surface area contributed by atoms with Crippen molar-refractivity contribution in [1.29, 1.82) is 0 Å². The van der Waals surface area contributed by atoms with Crippen molar-refractivity contribution in [2.75, 3.05) is 6.61 Å². The number of hydrogen-bond donors (Lipinski definition) is 0. The number of aryl methyl sites for hydroxylation is 1. The summed E-state index contributed by atoms with van der Waals surface area (Å²) < 4.78 is 18.5. The zero-order valence-electron chi connectivity index (χ0n) is 12.7. The molecule has 0 aliphatic carbocycles. The van der Waals surface area contributed by atoms with Gasteiger partial charge in [0.15, 0.2) is 5.30 Å². The minimum atomic E-state index is -1.62. The van der Waals surface area contributed by atoms with Crippen molar-refractivity contribution in [2.45, 2.75) is 13.8 Å². The molecule has 3 aromatic carbocycles. The van der Waals surface area contributed by atoms with Gasteiger partial charge in [-0.25, -0.2) is 0 Å². The third kappa shape index (κ3) is 2.75. The van der Waals surface area contributed by atoms with Gasteiger partial charge >= 0.3 is 7.80 Å². The number of benzene rings is 3. The van der Waals surface area contributed by atoms with E-state index in [-0.39, 0.29) is 0 Å². The minimum absolute atomic E-state index is 0.633. The Morgan fingerprint density at radius 1 is 0.955 bits per heavy atom. The Bertz CT molecular complexity index is 822. The van der Waals surface area contributed by atoms with Crippen LogP contribution in [-0.4, -0.2) is 6.61 Å². The van der Waals surface area contributed by atoms with E-state index in [1.807, 2.05) is 62.4 Å². The van der Waals surface area contributed by atoms with E-state index >= 15 is 0 Å². The Morgan fingerprint density at radius 2 is 1.68 bits per heavy atom. The van der Waals surface area contributed by atoms with Crippen LogP contribution < -0.4 is 15.3 Å². The molecule has 0 bridgehead atoms. The van der Waals surface area contributed by atoms with Crippen LogP contribution in [0.15, 0.2) is 60.7 Å². The summed E-state index contributed by atoms with van der Waals surface area (Å²) in [6.45, 7) is 4.60. The Hall–Kier alpha value is -2.18. The second kappa shape index (κ2) is 6.29. The molecule has 110 valence electrons. The molecule has 0 radical (unpaired) electrons. The molecule has 0 heterocycles. The maximum Gasteiger partial charge on any atom is 0.416 e. The minimum Gasteiger partial charge on any atom is -0.494 e. The van der Waals surface area contributed by atoms with E-state index in [2.05, 4.69) is 12.1 Å². The van der Waals surface area contributed by atoms with E-state index in [1.54, 1.807) is 0 Å². The lowest BCUT2D eigenvalue weighted by molar-refractivity contribution is 0.340. The normalized spacial score (nSPS) is 11.5. The highest BCUT2D eigenvalue weighted by Crippen LogP contribution is 2.28. The molecular weight excluding hydrogens is 291 g/mol. The van der Waals surface area contributed by atoms with Gasteiger partial charge in [-0.05, 0) is 49.6 Å². The van der Waals surface area contributed by atoms with Crippen LogP contribution in [0.4, 0.5) is 0 Å². The fourth-order valence-electron chi connectivity index (χ4n) is 2.61. The first-order valence-corrected chi connectivity index (χ1v) is 8.65. The van der Waals surface area contributed by atoms with Crippen LogP contribution in [0.1, 0.15) is 12.5 Å². The van der Waals surface area contributed by atoms with E-state index in [9.17, 15) is 4.57 Å². The van der Waals surface area contributed by atoms with Crippen LogP contribution in [0, 0.1) is 6.92 Å². The molecule has 0 saturated carbocycles. The monoisotopic (exact) mass is 309 g/mol. The molecule has 0 fully saturated rings. The summed E-state index contributed by atoms with van der Waals surface area (Å²) in [7, 11) is -1.62. The SMILES string of the molecule is CCOc1ccc([P+](=O)c2c(C)ccc3ccccc23)cc1. The second-order valence-electron chi connectivity index (χ2n) is 5.17. The molecule has 1 atom stereocenters. The Morgan fingerprint density at radius 3 is 2.41 bits per heavy atom. The summed E-state index contributed by atoms with van der Waals surface area (Å²) in [5.74, 6) is 0.810. The van der Waals surface area contributed by atoms with E-state index in [4.69, 9.17) is 4.74 Å². The number of fused-ring (bicyclic) bond motifs is 1. The van der Waals surface area contributed by atoms with Gasteiger partial charge in [0, 0.05) is 10.9 Å². The van der Waals surface area contributed by atoms with Gasteiger partial charge in [0.2, 0.25) is 5.30 Å². The number of rotatable bonds is 4. The summed E-state index contributed by atoms with van der Waals surface area (Å²) in [5, 5.41) is 3.95. The average molecular weight is 309 g/mol. The Kier molecular flexibility index (Phi) is 4.22. The largest absolute Gasteiger partial charge is 0.494 e. The lowest BCUT2D eigenvalue weighted by Gasteiger charge is -2.03. The fraction of sp³-hybridized carbons (Fsp3) is 0.158. The Balaban J connectivity index is 2.07. The molecule has 3 aromatic rings. The third-order valence-electron chi connectivity index (χ3n) is 3.69. The van der Waals surface area contributed by atoms with Crippen LogP contribution in [0.25, 0.3) is 10.8 Å². The predicted molar refractivity (Wildman–Crippen MR) is 93.2 cm³/mol. The first kappa shape index (κ1) is 14.7. The quantitative estimate of drug-likeness (QED) is 0.671. The molecule has 3 heteroatoms. The molecule has 0 amide bonds. The summed E-state index contributed by atoms with van der Waals surface area (Å²) in [5.41, 5.74) is 1.06. The molecule has 0 saturated heterocycles. The molecule has 0 N–H and O–H groups in total. The van der Waals surface area contributed by atoms with Gasteiger partial charge in [-0.15, -0.1) is 0 Å². The zero-order chi connectivity index (χ0) is 15.5. The van der Waals surface area contributed by atoms with Gasteiger partial charge in [-0.1, -0.05) is 34.9 Å². The molecule has 22 heavy (non-hydrogen) atoms. The van der Waals surface area contributed by atoms with Crippen LogP contribution in [-0.2, 0) is 4.57 Å². The van der Waals surface area contributed by atoms with Gasteiger partial charge in [0.1, 0.15) is 5.75 Å². The van der Waals surface area contributed by atoms with Crippen LogP contribution in [0.2, 0.25) is 0 Å². The molecule has 0 aliphatic heterocycles. The molecule has 0 spiro atoms. The van der Waals surface area contributed by atoms with Crippen molar-refractivity contribution in [2.24, 2.45) is 0 Å². The van der Waals surface area contributed by atoms with Crippen LogP contribution >= 0.6 is 7.80 Å². The van der Waals surface area contributed by atoms with E-state index in [0.717, 1.165) is 32.7 Å². The summed E-state index contributed by atoms with van der Waals surface area (Å²) in [6.07, 6.45) is 0. The predicted octanol–water partition coefficient (Wildman–Crippen LogP) is 4.33. The summed E-state index contributed by atoms with van der Waals surface area (Å²) in [4.78, 5) is 0. The van der Waals surface area contributed by atoms with Gasteiger partial charge in [0.05, 0.1) is 6.61 Å². The topological polar surface area (TPSA) is 26.3 Å². The Labute approximate surface area is 131 Å². The van der Waals surface area contributed by atoms with Gasteiger partial charge in [-0.2, -0.15) is 0 Å². The van der Waals surface area contributed by atoms with Crippen molar-refractivity contribution < 1.29 is 9.30 Å². The highest BCUT2D eigenvalue weighted by molar-refractivity contribution is 7.62. The first-order valence-electron chi connectivity index (χ1n) is 7.39. The highest BCUT2D eigenvalue weighted by Gasteiger charge is 2.28. The van der Waals surface area contributed by atoms with Crippen LogP contribution in [0.3, 0.4) is 0 Å². The van der Waals surface area contributed by atoms with E-state index in [1.165, 1.54) is 0 Å². The zero-order valence-corrected chi connectivity index (χ0v) is 13.6. The maximum absolute atomic E-state index is 13.1. The molecule has 0 aromatic heterocycles.